The smallest absolute Gasteiger partial charge is 0.335 e. The standard InChI is InChI=1S/C21H14ClNO3S2/c22-17-16-8-9-27-21(16)28-18(17)19(24)23-11-14-4-1-2-7-15(14)12-5-3-6-13(10-12)20(25)26/h1-10H,11H2,(H,23,24)(H,25,26). The van der Waals surface area contributed by atoms with Gasteiger partial charge in [-0.05, 0) is 40.3 Å². The minimum atomic E-state index is -0.972. The highest BCUT2D eigenvalue weighted by molar-refractivity contribution is 7.38. The SMILES string of the molecule is O=C(O)c1cccc(-c2ccccc2CNC(=O)c2sc3sccc3c2Cl)c1. The molecule has 4 rings (SSSR count). The van der Waals surface area contributed by atoms with E-state index in [9.17, 15) is 14.7 Å². The summed E-state index contributed by atoms with van der Waals surface area (Å²) >= 11 is 9.30. The quantitative estimate of drug-likeness (QED) is 0.416. The first-order chi connectivity index (χ1) is 13.5. The first-order valence-corrected chi connectivity index (χ1v) is 10.5. The van der Waals surface area contributed by atoms with Crippen LogP contribution in [0.25, 0.3) is 20.5 Å². The van der Waals surface area contributed by atoms with E-state index in [4.69, 9.17) is 11.6 Å². The average molecular weight is 428 g/mol. The van der Waals surface area contributed by atoms with Crippen LogP contribution in [0.4, 0.5) is 0 Å². The number of benzene rings is 2. The Labute approximate surface area is 174 Å². The first-order valence-electron chi connectivity index (χ1n) is 8.40. The molecule has 0 aliphatic rings. The number of rotatable bonds is 5. The Morgan fingerprint density at radius 1 is 1.07 bits per heavy atom. The number of halogens is 1. The molecule has 0 radical (unpaired) electrons. The molecular formula is C21H14ClNO3S2. The van der Waals surface area contributed by atoms with Crippen molar-refractivity contribution in [2.24, 2.45) is 0 Å². The van der Waals surface area contributed by atoms with E-state index in [1.54, 1.807) is 29.5 Å². The molecular weight excluding hydrogens is 414 g/mol. The van der Waals surface area contributed by atoms with E-state index in [-0.39, 0.29) is 11.5 Å². The topological polar surface area (TPSA) is 66.4 Å². The molecule has 0 aliphatic carbocycles. The number of hydrogen-bond donors (Lipinski definition) is 2. The molecule has 0 saturated heterocycles. The monoisotopic (exact) mass is 427 g/mol. The maximum absolute atomic E-state index is 12.6. The zero-order valence-electron chi connectivity index (χ0n) is 14.4. The molecule has 1 amide bonds. The van der Waals surface area contributed by atoms with E-state index in [0.29, 0.717) is 16.4 Å². The predicted molar refractivity (Wildman–Crippen MR) is 115 cm³/mol. The van der Waals surface area contributed by atoms with Crippen molar-refractivity contribution in [3.63, 3.8) is 0 Å². The van der Waals surface area contributed by atoms with Crippen LogP contribution in [-0.4, -0.2) is 17.0 Å². The largest absolute Gasteiger partial charge is 0.478 e. The number of carbonyl (C=O) groups is 2. The van der Waals surface area contributed by atoms with Crippen LogP contribution < -0.4 is 5.32 Å². The lowest BCUT2D eigenvalue weighted by molar-refractivity contribution is 0.0696. The number of hydrogen-bond acceptors (Lipinski definition) is 4. The van der Waals surface area contributed by atoms with Gasteiger partial charge in [0, 0.05) is 11.9 Å². The summed E-state index contributed by atoms with van der Waals surface area (Å²) in [5, 5.41) is 15.5. The zero-order chi connectivity index (χ0) is 19.7. The zero-order valence-corrected chi connectivity index (χ0v) is 16.8. The summed E-state index contributed by atoms with van der Waals surface area (Å²) in [5.74, 6) is -1.19. The number of nitrogens with one attached hydrogen (secondary N) is 1. The van der Waals surface area contributed by atoms with Crippen molar-refractivity contribution in [1.82, 2.24) is 5.32 Å². The van der Waals surface area contributed by atoms with Crippen LogP contribution in [-0.2, 0) is 6.54 Å². The summed E-state index contributed by atoms with van der Waals surface area (Å²) < 4.78 is 1.03. The second-order valence-electron chi connectivity index (χ2n) is 6.09. The molecule has 140 valence electrons. The molecule has 0 fully saturated rings. The van der Waals surface area contributed by atoms with Gasteiger partial charge in [-0.3, -0.25) is 4.79 Å². The molecule has 2 aromatic carbocycles. The fraction of sp³-hybridized carbons (Fsp3) is 0.0476. The summed E-state index contributed by atoms with van der Waals surface area (Å²) in [6, 6.07) is 16.3. The minimum Gasteiger partial charge on any atom is -0.478 e. The lowest BCUT2D eigenvalue weighted by Gasteiger charge is -2.11. The Bertz CT molecular complexity index is 1200. The van der Waals surface area contributed by atoms with Crippen molar-refractivity contribution in [3.05, 3.63) is 81.0 Å². The maximum Gasteiger partial charge on any atom is 0.335 e. The summed E-state index contributed by atoms with van der Waals surface area (Å²) in [7, 11) is 0. The number of carboxylic acids is 1. The summed E-state index contributed by atoms with van der Waals surface area (Å²) in [6.45, 7) is 0.314. The third-order valence-electron chi connectivity index (χ3n) is 4.34. The fourth-order valence-corrected chi connectivity index (χ4v) is 5.51. The third-order valence-corrected chi connectivity index (χ3v) is 7.09. The second-order valence-corrected chi connectivity index (χ2v) is 8.67. The Balaban J connectivity index is 1.58. The average Bonchev–Trinajstić information content (AvgIpc) is 3.29. The number of carboxylic acid groups (broad SMARTS) is 1. The maximum atomic E-state index is 12.6. The number of thiophene rings is 2. The van der Waals surface area contributed by atoms with Gasteiger partial charge in [-0.2, -0.15) is 0 Å². The van der Waals surface area contributed by atoms with E-state index >= 15 is 0 Å². The molecule has 0 atom stereocenters. The van der Waals surface area contributed by atoms with E-state index in [1.165, 1.54) is 11.3 Å². The normalized spacial score (nSPS) is 10.9. The highest BCUT2D eigenvalue weighted by Gasteiger charge is 2.18. The molecule has 28 heavy (non-hydrogen) atoms. The van der Waals surface area contributed by atoms with Crippen LogP contribution in [0.5, 0.6) is 0 Å². The molecule has 0 unspecified atom stereocenters. The molecule has 0 aliphatic heterocycles. The van der Waals surface area contributed by atoms with Crippen LogP contribution in [0.3, 0.4) is 0 Å². The highest BCUT2D eigenvalue weighted by Crippen LogP contribution is 2.38. The summed E-state index contributed by atoms with van der Waals surface area (Å²) in [6.07, 6.45) is 0. The highest BCUT2D eigenvalue weighted by atomic mass is 35.5. The van der Waals surface area contributed by atoms with Crippen LogP contribution >= 0.6 is 34.3 Å². The van der Waals surface area contributed by atoms with Crippen molar-refractivity contribution in [2.75, 3.05) is 0 Å². The minimum absolute atomic E-state index is 0.215. The van der Waals surface area contributed by atoms with Gasteiger partial charge in [0.15, 0.2) is 0 Å². The Kier molecular flexibility index (Phi) is 5.17. The van der Waals surface area contributed by atoms with Crippen molar-refractivity contribution in [2.45, 2.75) is 6.54 Å². The van der Waals surface area contributed by atoms with Gasteiger partial charge in [0.25, 0.3) is 5.91 Å². The molecule has 2 heterocycles. The number of aromatic carboxylic acids is 1. The second kappa shape index (κ2) is 7.75. The molecule has 4 aromatic rings. The Hall–Kier alpha value is -2.67. The molecule has 2 aromatic heterocycles. The summed E-state index contributed by atoms with van der Waals surface area (Å²) in [5.41, 5.74) is 2.79. The first kappa shape index (κ1) is 18.7. The molecule has 2 N–H and O–H groups in total. The van der Waals surface area contributed by atoms with E-state index in [2.05, 4.69) is 5.32 Å². The summed E-state index contributed by atoms with van der Waals surface area (Å²) in [4.78, 5) is 24.4. The molecule has 0 saturated carbocycles. The Morgan fingerprint density at radius 2 is 1.89 bits per heavy atom. The van der Waals surface area contributed by atoms with Gasteiger partial charge in [-0.25, -0.2) is 4.79 Å². The Morgan fingerprint density at radius 3 is 2.68 bits per heavy atom. The molecule has 0 spiro atoms. The van der Waals surface area contributed by atoms with Gasteiger partial charge in [-0.1, -0.05) is 48.0 Å². The fourth-order valence-electron chi connectivity index (χ4n) is 2.97. The van der Waals surface area contributed by atoms with Gasteiger partial charge in [0.2, 0.25) is 0 Å². The van der Waals surface area contributed by atoms with Crippen molar-refractivity contribution < 1.29 is 14.7 Å². The molecule has 4 nitrogen and oxygen atoms in total. The van der Waals surface area contributed by atoms with Crippen LogP contribution in [0, 0.1) is 0 Å². The van der Waals surface area contributed by atoms with Crippen molar-refractivity contribution in [3.8, 4) is 11.1 Å². The lowest BCUT2D eigenvalue weighted by Crippen LogP contribution is -2.22. The number of fused-ring (bicyclic) bond motifs is 1. The van der Waals surface area contributed by atoms with E-state index in [0.717, 1.165) is 26.1 Å². The van der Waals surface area contributed by atoms with Gasteiger partial charge in [-0.15, -0.1) is 22.7 Å². The number of amides is 1. The van der Waals surface area contributed by atoms with Crippen LogP contribution in [0.1, 0.15) is 25.6 Å². The van der Waals surface area contributed by atoms with Crippen LogP contribution in [0.2, 0.25) is 5.02 Å². The van der Waals surface area contributed by atoms with Gasteiger partial charge >= 0.3 is 5.97 Å². The third kappa shape index (κ3) is 3.54. The number of carbonyl (C=O) groups excluding carboxylic acids is 1. The lowest BCUT2D eigenvalue weighted by atomic mass is 9.98. The van der Waals surface area contributed by atoms with Gasteiger partial charge < -0.3 is 10.4 Å². The van der Waals surface area contributed by atoms with Crippen molar-refractivity contribution >= 4 is 55.6 Å². The van der Waals surface area contributed by atoms with Gasteiger partial charge in [0.05, 0.1) is 14.6 Å². The molecule has 0 bridgehead atoms. The molecule has 7 heteroatoms. The van der Waals surface area contributed by atoms with Gasteiger partial charge in [0.1, 0.15) is 4.88 Å². The van der Waals surface area contributed by atoms with Crippen LogP contribution in [0.15, 0.2) is 60.0 Å². The van der Waals surface area contributed by atoms with E-state index < -0.39 is 5.97 Å². The van der Waals surface area contributed by atoms with E-state index in [1.807, 2.05) is 41.8 Å². The predicted octanol–water partition coefficient (Wildman–Crippen LogP) is 5.91. The van der Waals surface area contributed by atoms with Crippen molar-refractivity contribution in [1.29, 1.82) is 0 Å².